The van der Waals surface area contributed by atoms with Crippen molar-refractivity contribution in [2.75, 3.05) is 0 Å². The Balaban J connectivity index is 2.03. The first-order chi connectivity index (χ1) is 10.3. The summed E-state index contributed by atoms with van der Waals surface area (Å²) in [5.41, 5.74) is -0.230. The smallest absolute Gasteiger partial charge is 0.259 e. The van der Waals surface area contributed by atoms with Crippen LogP contribution < -0.4 is 0 Å². The Hall–Kier alpha value is -1.76. The van der Waals surface area contributed by atoms with E-state index in [1.54, 1.807) is 0 Å². The number of halogens is 5. The molecular formula is C15H11F5OS. The van der Waals surface area contributed by atoms with Gasteiger partial charge >= 0.3 is 6.18 Å². The van der Waals surface area contributed by atoms with Crippen LogP contribution in [0.2, 0.25) is 0 Å². The molecule has 7 heteroatoms. The van der Waals surface area contributed by atoms with Crippen molar-refractivity contribution in [1.82, 2.24) is 0 Å². The molecule has 0 fully saturated rings. The maximum Gasteiger partial charge on any atom is 0.416 e. The molecule has 22 heavy (non-hydrogen) atoms. The van der Waals surface area contributed by atoms with E-state index in [9.17, 15) is 26.2 Å². The highest BCUT2D eigenvalue weighted by Crippen LogP contribution is 2.29. The molecule has 2 aromatic rings. The number of rotatable bonds is 4. The van der Waals surface area contributed by atoms with Gasteiger partial charge in [-0.2, -0.15) is 13.2 Å². The average molecular weight is 334 g/mol. The van der Waals surface area contributed by atoms with Crippen LogP contribution in [-0.4, -0.2) is 4.21 Å². The SMILES string of the molecule is O=[S@](Cc1ccc(C(F)(F)F)cc1)Cc1ccc(F)cc1F. The third-order valence-corrected chi connectivity index (χ3v) is 4.23. The minimum Gasteiger partial charge on any atom is -0.259 e. The standard InChI is InChI=1S/C15H11F5OS/c16-13-6-3-11(14(17)7-13)9-22(21)8-10-1-4-12(5-2-10)15(18,19)20/h1-7H,8-9H2/t22-/m1/s1. The fraction of sp³-hybridized carbons (Fsp3) is 0.200. The molecule has 1 atom stereocenters. The lowest BCUT2D eigenvalue weighted by molar-refractivity contribution is -0.137. The van der Waals surface area contributed by atoms with Crippen LogP contribution in [-0.2, 0) is 28.5 Å². The number of benzene rings is 2. The molecule has 0 aliphatic carbocycles. The average Bonchev–Trinajstić information content (AvgIpc) is 2.41. The van der Waals surface area contributed by atoms with E-state index in [1.807, 2.05) is 0 Å². The molecule has 118 valence electrons. The van der Waals surface area contributed by atoms with Gasteiger partial charge in [-0.1, -0.05) is 18.2 Å². The molecule has 0 aromatic heterocycles. The van der Waals surface area contributed by atoms with E-state index < -0.39 is 34.2 Å². The molecule has 0 heterocycles. The van der Waals surface area contributed by atoms with Crippen molar-refractivity contribution in [2.45, 2.75) is 17.7 Å². The van der Waals surface area contributed by atoms with E-state index >= 15 is 0 Å². The fourth-order valence-electron chi connectivity index (χ4n) is 1.84. The van der Waals surface area contributed by atoms with Gasteiger partial charge in [0, 0.05) is 28.2 Å². The summed E-state index contributed by atoms with van der Waals surface area (Å²) in [7, 11) is -1.51. The molecule has 0 aliphatic heterocycles. The molecule has 0 aliphatic rings. The van der Waals surface area contributed by atoms with Crippen LogP contribution in [0.25, 0.3) is 0 Å². The summed E-state index contributed by atoms with van der Waals surface area (Å²) in [5.74, 6) is -1.65. The van der Waals surface area contributed by atoms with Crippen molar-refractivity contribution in [3.8, 4) is 0 Å². The van der Waals surface area contributed by atoms with E-state index in [1.165, 1.54) is 18.2 Å². The topological polar surface area (TPSA) is 17.1 Å². The Bertz CT molecular complexity index is 679. The van der Waals surface area contributed by atoms with Gasteiger partial charge in [-0.25, -0.2) is 8.78 Å². The molecule has 0 saturated heterocycles. The van der Waals surface area contributed by atoms with Gasteiger partial charge in [-0.05, 0) is 23.8 Å². The largest absolute Gasteiger partial charge is 0.416 e. The minimum atomic E-state index is -4.42. The van der Waals surface area contributed by atoms with Gasteiger partial charge in [-0.3, -0.25) is 4.21 Å². The van der Waals surface area contributed by atoms with Crippen LogP contribution in [0.15, 0.2) is 42.5 Å². The fourth-order valence-corrected chi connectivity index (χ4v) is 3.09. The maximum absolute atomic E-state index is 13.4. The molecule has 0 spiro atoms. The quantitative estimate of drug-likeness (QED) is 0.756. The molecule has 0 radical (unpaired) electrons. The molecule has 2 aromatic carbocycles. The van der Waals surface area contributed by atoms with Gasteiger partial charge in [0.05, 0.1) is 11.3 Å². The first-order valence-corrected chi connectivity index (χ1v) is 7.69. The lowest BCUT2D eigenvalue weighted by atomic mass is 10.1. The summed E-state index contributed by atoms with van der Waals surface area (Å²) in [6.45, 7) is 0. The van der Waals surface area contributed by atoms with Crippen molar-refractivity contribution >= 4 is 10.8 Å². The summed E-state index contributed by atoms with van der Waals surface area (Å²) < 4.78 is 75.4. The van der Waals surface area contributed by atoms with Crippen molar-refractivity contribution < 1.29 is 26.2 Å². The zero-order chi connectivity index (χ0) is 16.3. The molecule has 2 rings (SSSR count). The van der Waals surface area contributed by atoms with E-state index in [0.29, 0.717) is 11.6 Å². The van der Waals surface area contributed by atoms with Gasteiger partial charge < -0.3 is 0 Å². The van der Waals surface area contributed by atoms with Gasteiger partial charge in [0.15, 0.2) is 0 Å². The van der Waals surface area contributed by atoms with Crippen LogP contribution in [0.5, 0.6) is 0 Å². The first kappa shape index (κ1) is 16.6. The van der Waals surface area contributed by atoms with Crippen LogP contribution in [0, 0.1) is 11.6 Å². The number of alkyl halides is 3. The van der Waals surface area contributed by atoms with Gasteiger partial charge in [0.1, 0.15) is 11.6 Å². The minimum absolute atomic E-state index is 0.00501. The third kappa shape index (κ3) is 4.37. The highest BCUT2D eigenvalue weighted by molar-refractivity contribution is 7.83. The summed E-state index contributed by atoms with van der Waals surface area (Å²) >= 11 is 0. The highest BCUT2D eigenvalue weighted by atomic mass is 32.2. The summed E-state index contributed by atoms with van der Waals surface area (Å²) in [6.07, 6.45) is -4.42. The molecule has 0 N–H and O–H groups in total. The third-order valence-electron chi connectivity index (χ3n) is 2.94. The van der Waals surface area contributed by atoms with Crippen LogP contribution in [0.3, 0.4) is 0 Å². The zero-order valence-electron chi connectivity index (χ0n) is 11.2. The summed E-state index contributed by atoms with van der Waals surface area (Å²) in [4.78, 5) is 0. The Kier molecular flexibility index (Phi) is 4.95. The lowest BCUT2D eigenvalue weighted by Gasteiger charge is -2.08. The molecule has 1 nitrogen and oxygen atoms in total. The van der Waals surface area contributed by atoms with E-state index in [0.717, 1.165) is 18.2 Å². The van der Waals surface area contributed by atoms with Crippen molar-refractivity contribution in [2.24, 2.45) is 0 Å². The van der Waals surface area contributed by atoms with Crippen LogP contribution in [0.4, 0.5) is 22.0 Å². The predicted octanol–water partition coefficient (Wildman–Crippen LogP) is 4.43. The van der Waals surface area contributed by atoms with Crippen LogP contribution >= 0.6 is 0 Å². The number of hydrogen-bond acceptors (Lipinski definition) is 1. The molecular weight excluding hydrogens is 323 g/mol. The van der Waals surface area contributed by atoms with Gasteiger partial charge in [-0.15, -0.1) is 0 Å². The second kappa shape index (κ2) is 6.56. The predicted molar refractivity (Wildman–Crippen MR) is 73.4 cm³/mol. The van der Waals surface area contributed by atoms with E-state index in [4.69, 9.17) is 0 Å². The summed E-state index contributed by atoms with van der Waals surface area (Å²) in [5, 5.41) is 0. The lowest BCUT2D eigenvalue weighted by Crippen LogP contribution is -2.05. The Labute approximate surface area is 126 Å². The molecule has 0 amide bonds. The van der Waals surface area contributed by atoms with Gasteiger partial charge in [0.25, 0.3) is 0 Å². The summed E-state index contributed by atoms with van der Waals surface area (Å²) in [6, 6.07) is 7.26. The van der Waals surface area contributed by atoms with Crippen LogP contribution in [0.1, 0.15) is 16.7 Å². The second-order valence-corrected chi connectivity index (χ2v) is 6.12. The maximum atomic E-state index is 13.4. The Morgan fingerprint density at radius 2 is 1.55 bits per heavy atom. The van der Waals surface area contributed by atoms with Crippen molar-refractivity contribution in [1.29, 1.82) is 0 Å². The Morgan fingerprint density at radius 1 is 0.909 bits per heavy atom. The normalized spacial score (nSPS) is 13.1. The zero-order valence-corrected chi connectivity index (χ0v) is 12.0. The molecule has 0 bridgehead atoms. The monoisotopic (exact) mass is 334 g/mol. The van der Waals surface area contributed by atoms with E-state index in [2.05, 4.69) is 0 Å². The van der Waals surface area contributed by atoms with E-state index in [-0.39, 0.29) is 17.1 Å². The molecule has 0 unspecified atom stereocenters. The van der Waals surface area contributed by atoms with Gasteiger partial charge in [0.2, 0.25) is 0 Å². The number of hydrogen-bond donors (Lipinski definition) is 0. The Morgan fingerprint density at radius 3 is 2.09 bits per heavy atom. The molecule has 0 saturated carbocycles. The van der Waals surface area contributed by atoms with Crippen molar-refractivity contribution in [3.63, 3.8) is 0 Å². The second-order valence-electron chi connectivity index (χ2n) is 4.66. The first-order valence-electron chi connectivity index (χ1n) is 6.21. The van der Waals surface area contributed by atoms with Crippen molar-refractivity contribution in [3.05, 3.63) is 70.8 Å². The highest BCUT2D eigenvalue weighted by Gasteiger charge is 2.29.